The van der Waals surface area contributed by atoms with Gasteiger partial charge in [-0.3, -0.25) is 24.3 Å². The lowest BCUT2D eigenvalue weighted by Gasteiger charge is -2.06. The summed E-state index contributed by atoms with van der Waals surface area (Å²) < 4.78 is 2.98. The molecule has 0 aliphatic heterocycles. The van der Waals surface area contributed by atoms with E-state index in [1.165, 1.54) is 4.68 Å². The summed E-state index contributed by atoms with van der Waals surface area (Å²) in [6.07, 6.45) is 1.14. The smallest absolute Gasteiger partial charge is 0.309 e. The Hall–Kier alpha value is -2.71. The normalized spacial score (nSPS) is 10.7. The molecule has 0 unspecified atom stereocenters. The van der Waals surface area contributed by atoms with Crippen LogP contribution in [0.5, 0.6) is 0 Å². The molecule has 2 heterocycles. The predicted molar refractivity (Wildman–Crippen MR) is 74.9 cm³/mol. The van der Waals surface area contributed by atoms with Crippen molar-refractivity contribution in [2.75, 3.05) is 5.32 Å². The Labute approximate surface area is 120 Å². The van der Waals surface area contributed by atoms with Crippen LogP contribution in [0.25, 0.3) is 0 Å². The monoisotopic (exact) mass is 292 g/mol. The number of amides is 1. The van der Waals surface area contributed by atoms with Gasteiger partial charge in [-0.05, 0) is 20.8 Å². The Bertz CT molecular complexity index is 715. The van der Waals surface area contributed by atoms with Crippen molar-refractivity contribution in [3.63, 3.8) is 0 Å². The van der Waals surface area contributed by atoms with E-state index in [1.54, 1.807) is 25.6 Å². The van der Waals surface area contributed by atoms with Gasteiger partial charge >= 0.3 is 5.69 Å². The van der Waals surface area contributed by atoms with E-state index in [0.717, 1.165) is 11.9 Å². The van der Waals surface area contributed by atoms with Gasteiger partial charge in [0.05, 0.1) is 22.0 Å². The molecule has 9 nitrogen and oxygen atoms in total. The highest BCUT2D eigenvalue weighted by Crippen LogP contribution is 2.19. The van der Waals surface area contributed by atoms with Crippen molar-refractivity contribution in [1.29, 1.82) is 0 Å². The fraction of sp³-hybridized carbons (Fsp3) is 0.417. The summed E-state index contributed by atoms with van der Waals surface area (Å²) in [6, 6.07) is 0. The standard InChI is InChI=1S/C12H16N6O3/c1-7-12(9(3)16(4)15-7)14-11(19)6-17-8(2)10(5-13-17)18(20)21/h5H,6H2,1-4H3,(H,14,19). The van der Waals surface area contributed by atoms with E-state index in [0.29, 0.717) is 17.1 Å². The van der Waals surface area contributed by atoms with Gasteiger partial charge in [-0.15, -0.1) is 0 Å². The number of carbonyl (C=O) groups excluding carboxylic acids is 1. The lowest BCUT2D eigenvalue weighted by atomic mass is 10.3. The Morgan fingerprint density at radius 1 is 1.38 bits per heavy atom. The number of hydrogen-bond acceptors (Lipinski definition) is 5. The molecule has 0 fully saturated rings. The SMILES string of the molecule is Cc1nn(C)c(C)c1NC(=O)Cn1ncc([N+](=O)[O-])c1C. The summed E-state index contributed by atoms with van der Waals surface area (Å²) in [6.45, 7) is 5.11. The molecule has 0 bridgehead atoms. The van der Waals surface area contributed by atoms with Crippen LogP contribution < -0.4 is 5.32 Å². The Morgan fingerprint density at radius 3 is 2.52 bits per heavy atom. The van der Waals surface area contributed by atoms with Crippen LogP contribution in [0.4, 0.5) is 11.4 Å². The summed E-state index contributed by atoms with van der Waals surface area (Å²) in [5.74, 6) is -0.310. The second kappa shape index (κ2) is 5.35. The van der Waals surface area contributed by atoms with Crippen molar-refractivity contribution in [3.8, 4) is 0 Å². The highest BCUT2D eigenvalue weighted by molar-refractivity contribution is 5.91. The predicted octanol–water partition coefficient (Wildman–Crippen LogP) is 1.09. The van der Waals surface area contributed by atoms with Crippen LogP contribution in [0, 0.1) is 30.9 Å². The first-order valence-electron chi connectivity index (χ1n) is 6.28. The van der Waals surface area contributed by atoms with Crippen molar-refractivity contribution in [2.45, 2.75) is 27.3 Å². The number of rotatable bonds is 4. The van der Waals surface area contributed by atoms with Gasteiger partial charge in [-0.25, -0.2) is 0 Å². The van der Waals surface area contributed by atoms with E-state index in [-0.39, 0.29) is 18.1 Å². The van der Waals surface area contributed by atoms with Gasteiger partial charge < -0.3 is 5.32 Å². The summed E-state index contributed by atoms with van der Waals surface area (Å²) in [7, 11) is 1.79. The van der Waals surface area contributed by atoms with E-state index in [4.69, 9.17) is 0 Å². The molecule has 21 heavy (non-hydrogen) atoms. The van der Waals surface area contributed by atoms with E-state index in [9.17, 15) is 14.9 Å². The zero-order valence-corrected chi connectivity index (χ0v) is 12.2. The summed E-state index contributed by atoms with van der Waals surface area (Å²) in [5.41, 5.74) is 2.45. The minimum absolute atomic E-state index is 0.0898. The van der Waals surface area contributed by atoms with Crippen LogP contribution in [0.1, 0.15) is 17.1 Å². The highest BCUT2D eigenvalue weighted by Gasteiger charge is 2.19. The minimum Gasteiger partial charge on any atom is -0.321 e. The molecule has 1 N–H and O–H groups in total. The number of anilines is 1. The summed E-state index contributed by atoms with van der Waals surface area (Å²) >= 11 is 0. The van der Waals surface area contributed by atoms with Crippen molar-refractivity contribution in [1.82, 2.24) is 19.6 Å². The summed E-state index contributed by atoms with van der Waals surface area (Å²) in [4.78, 5) is 22.3. The summed E-state index contributed by atoms with van der Waals surface area (Å²) in [5, 5.41) is 21.6. The van der Waals surface area contributed by atoms with Crippen molar-refractivity contribution in [3.05, 3.63) is 33.4 Å². The van der Waals surface area contributed by atoms with Crippen LogP contribution in [-0.2, 0) is 18.4 Å². The molecule has 0 atom stereocenters. The molecule has 9 heteroatoms. The maximum Gasteiger partial charge on any atom is 0.309 e. The van der Waals surface area contributed by atoms with Gasteiger partial charge in [-0.1, -0.05) is 0 Å². The second-order valence-electron chi connectivity index (χ2n) is 4.75. The van der Waals surface area contributed by atoms with Crippen molar-refractivity contribution in [2.24, 2.45) is 7.05 Å². The molecule has 0 aliphatic carbocycles. The number of nitro groups is 1. The number of nitrogens with zero attached hydrogens (tertiary/aromatic N) is 5. The van der Waals surface area contributed by atoms with Crippen LogP contribution in [0.3, 0.4) is 0 Å². The second-order valence-corrected chi connectivity index (χ2v) is 4.75. The molecular formula is C12H16N6O3. The molecule has 0 aliphatic rings. The zero-order chi connectivity index (χ0) is 15.7. The average molecular weight is 292 g/mol. The maximum atomic E-state index is 12.0. The van der Waals surface area contributed by atoms with Gasteiger partial charge in [0.25, 0.3) is 0 Å². The molecule has 1 amide bonds. The number of aryl methyl sites for hydroxylation is 2. The maximum absolute atomic E-state index is 12.0. The first-order chi connectivity index (χ1) is 9.81. The van der Waals surface area contributed by atoms with Crippen LogP contribution in [0.2, 0.25) is 0 Å². The van der Waals surface area contributed by atoms with Gasteiger partial charge in [0, 0.05) is 7.05 Å². The van der Waals surface area contributed by atoms with E-state index < -0.39 is 4.92 Å². The number of nitrogens with one attached hydrogen (secondary N) is 1. The third kappa shape index (κ3) is 2.76. The first-order valence-corrected chi connectivity index (χ1v) is 6.28. The van der Waals surface area contributed by atoms with Crippen molar-refractivity contribution >= 4 is 17.3 Å². The lowest BCUT2D eigenvalue weighted by Crippen LogP contribution is -2.21. The van der Waals surface area contributed by atoms with Gasteiger partial charge in [0.1, 0.15) is 18.4 Å². The third-order valence-corrected chi connectivity index (χ3v) is 3.34. The fourth-order valence-electron chi connectivity index (χ4n) is 2.04. The Balaban J connectivity index is 2.14. The lowest BCUT2D eigenvalue weighted by molar-refractivity contribution is -0.385. The number of aromatic nitrogens is 4. The zero-order valence-electron chi connectivity index (χ0n) is 12.2. The minimum atomic E-state index is -0.522. The highest BCUT2D eigenvalue weighted by atomic mass is 16.6. The quantitative estimate of drug-likeness (QED) is 0.670. The van der Waals surface area contributed by atoms with Gasteiger partial charge in [-0.2, -0.15) is 10.2 Å². The van der Waals surface area contributed by atoms with E-state index in [1.807, 2.05) is 6.92 Å². The topological polar surface area (TPSA) is 108 Å². The molecular weight excluding hydrogens is 276 g/mol. The molecule has 2 aromatic heterocycles. The largest absolute Gasteiger partial charge is 0.321 e. The van der Waals surface area contributed by atoms with E-state index in [2.05, 4.69) is 15.5 Å². The van der Waals surface area contributed by atoms with Crippen LogP contribution in [0.15, 0.2) is 6.20 Å². The number of carbonyl (C=O) groups is 1. The van der Waals surface area contributed by atoms with Crippen LogP contribution >= 0.6 is 0 Å². The van der Waals surface area contributed by atoms with Crippen LogP contribution in [-0.4, -0.2) is 30.4 Å². The van der Waals surface area contributed by atoms with Gasteiger partial charge in [0.2, 0.25) is 5.91 Å². The molecule has 0 radical (unpaired) electrons. The fourth-order valence-corrected chi connectivity index (χ4v) is 2.04. The van der Waals surface area contributed by atoms with Gasteiger partial charge in [0.15, 0.2) is 0 Å². The molecule has 112 valence electrons. The average Bonchev–Trinajstić information content (AvgIpc) is 2.86. The molecule has 0 saturated carbocycles. The third-order valence-electron chi connectivity index (χ3n) is 3.34. The molecule has 2 aromatic rings. The Morgan fingerprint density at radius 2 is 2.05 bits per heavy atom. The molecule has 0 saturated heterocycles. The molecule has 2 rings (SSSR count). The van der Waals surface area contributed by atoms with E-state index >= 15 is 0 Å². The molecule has 0 spiro atoms. The number of hydrogen-bond donors (Lipinski definition) is 1. The van der Waals surface area contributed by atoms with Crippen molar-refractivity contribution < 1.29 is 9.72 Å². The first kappa shape index (κ1) is 14.7. The molecule has 0 aromatic carbocycles. The Kier molecular flexibility index (Phi) is 3.74.